The van der Waals surface area contributed by atoms with Gasteiger partial charge in [-0.05, 0) is 43.9 Å². The fraction of sp³-hybridized carbons (Fsp3) is 0.737. The van der Waals surface area contributed by atoms with Crippen molar-refractivity contribution < 1.29 is 5.11 Å². The first kappa shape index (κ1) is 19.1. The molecule has 0 radical (unpaired) electrons. The SMILES string of the molecule is CCCCC(CCCC)CCc1cccc([C@H](O)CCN)n1. The molecule has 22 heavy (non-hydrogen) atoms. The molecule has 3 N–H and O–H groups in total. The quantitative estimate of drug-likeness (QED) is 0.602. The minimum absolute atomic E-state index is 0.489. The van der Waals surface area contributed by atoms with Crippen molar-refractivity contribution in [1.29, 1.82) is 0 Å². The zero-order valence-corrected chi connectivity index (χ0v) is 14.4. The van der Waals surface area contributed by atoms with Gasteiger partial charge in [0.1, 0.15) is 0 Å². The highest BCUT2D eigenvalue weighted by Crippen LogP contribution is 2.22. The fourth-order valence-corrected chi connectivity index (χ4v) is 2.90. The standard InChI is InChI=1S/C19H34N2O/c1-3-5-8-16(9-6-4-2)12-13-17-10-7-11-18(21-17)19(22)14-15-20/h7,10-11,16,19,22H,3-6,8-9,12-15,20H2,1-2H3/t19-/m1/s1. The maximum atomic E-state index is 10.0. The van der Waals surface area contributed by atoms with Crippen molar-refractivity contribution in [3.63, 3.8) is 0 Å². The average Bonchev–Trinajstić information content (AvgIpc) is 2.54. The highest BCUT2D eigenvalue weighted by Gasteiger charge is 2.11. The first-order chi connectivity index (χ1) is 10.7. The Kier molecular flexibility index (Phi) is 10.1. The molecule has 126 valence electrons. The lowest BCUT2D eigenvalue weighted by atomic mass is 9.91. The number of unbranched alkanes of at least 4 members (excludes halogenated alkanes) is 2. The van der Waals surface area contributed by atoms with Crippen LogP contribution in [0.1, 0.15) is 82.7 Å². The van der Waals surface area contributed by atoms with Crippen molar-refractivity contribution in [2.24, 2.45) is 11.7 Å². The molecule has 0 aliphatic carbocycles. The number of rotatable bonds is 12. The van der Waals surface area contributed by atoms with E-state index in [0.29, 0.717) is 13.0 Å². The van der Waals surface area contributed by atoms with Gasteiger partial charge >= 0.3 is 0 Å². The van der Waals surface area contributed by atoms with E-state index in [4.69, 9.17) is 5.73 Å². The highest BCUT2D eigenvalue weighted by molar-refractivity contribution is 5.13. The fourth-order valence-electron chi connectivity index (χ4n) is 2.90. The largest absolute Gasteiger partial charge is 0.387 e. The highest BCUT2D eigenvalue weighted by atomic mass is 16.3. The van der Waals surface area contributed by atoms with Gasteiger partial charge in [-0.25, -0.2) is 0 Å². The smallest absolute Gasteiger partial charge is 0.0971 e. The van der Waals surface area contributed by atoms with Crippen LogP contribution in [0.15, 0.2) is 18.2 Å². The van der Waals surface area contributed by atoms with Crippen LogP contribution in [0.4, 0.5) is 0 Å². The summed E-state index contributed by atoms with van der Waals surface area (Å²) >= 11 is 0. The number of aliphatic hydroxyl groups is 1. The number of aliphatic hydroxyl groups excluding tert-OH is 1. The third kappa shape index (κ3) is 7.37. The van der Waals surface area contributed by atoms with Gasteiger partial charge in [-0.15, -0.1) is 0 Å². The minimum atomic E-state index is -0.527. The summed E-state index contributed by atoms with van der Waals surface area (Å²) in [6.07, 6.45) is 10.2. The van der Waals surface area contributed by atoms with E-state index in [2.05, 4.69) is 24.9 Å². The lowest BCUT2D eigenvalue weighted by Crippen LogP contribution is -2.09. The second-order valence-corrected chi connectivity index (χ2v) is 6.34. The van der Waals surface area contributed by atoms with Crippen molar-refractivity contribution >= 4 is 0 Å². The van der Waals surface area contributed by atoms with Gasteiger partial charge in [0, 0.05) is 5.69 Å². The maximum Gasteiger partial charge on any atom is 0.0971 e. The lowest BCUT2D eigenvalue weighted by molar-refractivity contribution is 0.165. The summed E-state index contributed by atoms with van der Waals surface area (Å²) in [5.41, 5.74) is 7.38. The average molecular weight is 306 g/mol. The third-order valence-corrected chi connectivity index (χ3v) is 4.35. The number of pyridine rings is 1. The van der Waals surface area contributed by atoms with Gasteiger partial charge in [-0.2, -0.15) is 0 Å². The van der Waals surface area contributed by atoms with E-state index in [-0.39, 0.29) is 0 Å². The number of nitrogens with two attached hydrogens (primary N) is 1. The Morgan fingerprint density at radius 3 is 2.32 bits per heavy atom. The van der Waals surface area contributed by atoms with Crippen LogP contribution in [0.3, 0.4) is 0 Å². The van der Waals surface area contributed by atoms with Gasteiger partial charge in [0.25, 0.3) is 0 Å². The Balaban J connectivity index is 2.54. The molecule has 3 nitrogen and oxygen atoms in total. The number of aryl methyl sites for hydroxylation is 1. The molecule has 1 heterocycles. The van der Waals surface area contributed by atoms with Crippen LogP contribution in [-0.2, 0) is 6.42 Å². The zero-order chi connectivity index (χ0) is 16.2. The Bertz CT molecular complexity index is 387. The monoisotopic (exact) mass is 306 g/mol. The van der Waals surface area contributed by atoms with Crippen LogP contribution >= 0.6 is 0 Å². The second kappa shape index (κ2) is 11.6. The van der Waals surface area contributed by atoms with Crippen LogP contribution in [-0.4, -0.2) is 16.6 Å². The van der Waals surface area contributed by atoms with E-state index in [1.54, 1.807) is 0 Å². The Morgan fingerprint density at radius 1 is 1.05 bits per heavy atom. The van der Waals surface area contributed by atoms with E-state index in [0.717, 1.165) is 23.7 Å². The molecule has 0 aliphatic heterocycles. The molecule has 0 aromatic carbocycles. The van der Waals surface area contributed by atoms with E-state index < -0.39 is 6.10 Å². The predicted octanol–water partition coefficient (Wildman–Crippen LogP) is 4.39. The van der Waals surface area contributed by atoms with Crippen LogP contribution in [0.25, 0.3) is 0 Å². The Morgan fingerprint density at radius 2 is 1.73 bits per heavy atom. The molecule has 1 aromatic rings. The van der Waals surface area contributed by atoms with Gasteiger partial charge in [-0.3, -0.25) is 4.98 Å². The van der Waals surface area contributed by atoms with Gasteiger partial charge in [-0.1, -0.05) is 58.4 Å². The van der Waals surface area contributed by atoms with Gasteiger partial charge in [0.05, 0.1) is 11.8 Å². The summed E-state index contributed by atoms with van der Waals surface area (Å²) in [4.78, 5) is 4.62. The first-order valence-electron chi connectivity index (χ1n) is 9.05. The molecular weight excluding hydrogens is 272 g/mol. The van der Waals surface area contributed by atoms with Gasteiger partial charge in [0.2, 0.25) is 0 Å². The number of hydrogen-bond acceptors (Lipinski definition) is 3. The molecule has 0 aliphatic rings. The summed E-state index contributed by atoms with van der Waals surface area (Å²) in [7, 11) is 0. The Hall–Kier alpha value is -0.930. The van der Waals surface area contributed by atoms with Gasteiger partial charge in [0.15, 0.2) is 0 Å². The molecule has 0 spiro atoms. The van der Waals surface area contributed by atoms with Crippen molar-refractivity contribution in [1.82, 2.24) is 4.98 Å². The molecule has 0 fully saturated rings. The molecule has 0 saturated carbocycles. The molecule has 0 unspecified atom stereocenters. The van der Waals surface area contributed by atoms with Crippen LogP contribution < -0.4 is 5.73 Å². The minimum Gasteiger partial charge on any atom is -0.387 e. The molecule has 1 atom stereocenters. The molecule has 0 amide bonds. The third-order valence-electron chi connectivity index (χ3n) is 4.35. The van der Waals surface area contributed by atoms with Crippen molar-refractivity contribution in [3.05, 3.63) is 29.6 Å². The summed E-state index contributed by atoms with van der Waals surface area (Å²) < 4.78 is 0. The summed E-state index contributed by atoms with van der Waals surface area (Å²) in [5, 5.41) is 10.0. The van der Waals surface area contributed by atoms with Gasteiger partial charge < -0.3 is 10.8 Å². The molecule has 0 bridgehead atoms. The second-order valence-electron chi connectivity index (χ2n) is 6.34. The van der Waals surface area contributed by atoms with E-state index in [1.165, 1.54) is 44.9 Å². The van der Waals surface area contributed by atoms with Crippen LogP contribution in [0, 0.1) is 5.92 Å². The Labute approximate surface area is 136 Å². The molecule has 3 heteroatoms. The lowest BCUT2D eigenvalue weighted by Gasteiger charge is -2.16. The molecule has 1 rings (SSSR count). The van der Waals surface area contributed by atoms with Crippen molar-refractivity contribution in [2.75, 3.05) is 6.54 Å². The normalized spacial score (nSPS) is 12.8. The zero-order valence-electron chi connectivity index (χ0n) is 14.4. The molecule has 1 aromatic heterocycles. The molecule has 0 saturated heterocycles. The topological polar surface area (TPSA) is 59.1 Å². The van der Waals surface area contributed by atoms with Crippen LogP contribution in [0.2, 0.25) is 0 Å². The number of hydrogen-bond donors (Lipinski definition) is 2. The van der Waals surface area contributed by atoms with E-state index >= 15 is 0 Å². The molecular formula is C19H34N2O. The van der Waals surface area contributed by atoms with E-state index in [9.17, 15) is 5.11 Å². The van der Waals surface area contributed by atoms with E-state index in [1.807, 2.05) is 12.1 Å². The predicted molar refractivity (Wildman–Crippen MR) is 93.7 cm³/mol. The number of aromatic nitrogens is 1. The summed E-state index contributed by atoms with van der Waals surface area (Å²) in [6.45, 7) is 5.02. The van der Waals surface area contributed by atoms with Crippen LogP contribution in [0.5, 0.6) is 0 Å². The first-order valence-corrected chi connectivity index (χ1v) is 9.05. The number of nitrogens with zero attached hydrogens (tertiary/aromatic N) is 1. The summed E-state index contributed by atoms with van der Waals surface area (Å²) in [6, 6.07) is 5.98. The van der Waals surface area contributed by atoms with Crippen molar-refractivity contribution in [3.8, 4) is 0 Å². The maximum absolute atomic E-state index is 10.0. The summed E-state index contributed by atoms with van der Waals surface area (Å²) in [5.74, 6) is 0.819. The van der Waals surface area contributed by atoms with Crippen molar-refractivity contribution in [2.45, 2.75) is 77.7 Å².